The molecule has 0 aliphatic heterocycles. The average molecular weight is 523 g/mol. The Balaban J connectivity index is 1.43. The second-order valence-corrected chi connectivity index (χ2v) is 9.12. The minimum atomic E-state index is -2.75. The molecule has 0 spiro atoms. The van der Waals surface area contributed by atoms with Gasteiger partial charge in [-0.25, -0.2) is 22.8 Å². The summed E-state index contributed by atoms with van der Waals surface area (Å²) in [4.78, 5) is 17.6. The molecule has 0 radical (unpaired) electrons. The van der Waals surface area contributed by atoms with Crippen molar-refractivity contribution in [1.82, 2.24) is 34.3 Å². The number of halogens is 3. The number of benzene rings is 1. The van der Waals surface area contributed by atoms with Gasteiger partial charge in [0.2, 0.25) is 5.91 Å². The van der Waals surface area contributed by atoms with Gasteiger partial charge in [0.15, 0.2) is 5.65 Å². The topological polar surface area (TPSA) is 95.5 Å². The first-order valence-electron chi connectivity index (χ1n) is 11.8. The van der Waals surface area contributed by atoms with Crippen molar-refractivity contribution >= 4 is 22.6 Å². The van der Waals surface area contributed by atoms with Crippen LogP contribution in [-0.2, 0) is 24.9 Å². The van der Waals surface area contributed by atoms with Crippen molar-refractivity contribution < 1.29 is 18.0 Å². The van der Waals surface area contributed by atoms with Gasteiger partial charge in [0.25, 0.3) is 6.43 Å². The maximum Gasteiger partial charge on any atom is 0.264 e. The molecule has 0 fully saturated rings. The predicted molar refractivity (Wildman–Crippen MR) is 135 cm³/mol. The molecule has 4 heterocycles. The molecule has 5 rings (SSSR count). The molecular weight excluding hydrogens is 497 g/mol. The monoisotopic (exact) mass is 522 g/mol. The number of carbonyl (C=O) groups is 1. The van der Waals surface area contributed by atoms with Gasteiger partial charge < -0.3 is 5.32 Å². The van der Waals surface area contributed by atoms with E-state index in [0.717, 1.165) is 11.3 Å². The Morgan fingerprint density at radius 3 is 2.42 bits per heavy atom. The zero-order chi connectivity index (χ0) is 27.1. The van der Waals surface area contributed by atoms with Gasteiger partial charge in [0.05, 0.1) is 46.6 Å². The summed E-state index contributed by atoms with van der Waals surface area (Å²) in [6, 6.07) is 7.46. The first kappa shape index (κ1) is 25.2. The van der Waals surface area contributed by atoms with Gasteiger partial charge in [-0.15, -0.1) is 0 Å². The molecule has 5 aromatic rings. The number of pyridine rings is 1. The molecule has 0 aliphatic rings. The van der Waals surface area contributed by atoms with E-state index in [0.29, 0.717) is 34.9 Å². The number of rotatable bonds is 7. The first-order chi connectivity index (χ1) is 18.1. The molecule has 9 nitrogen and oxygen atoms in total. The number of nitrogens with one attached hydrogen (secondary N) is 1. The highest BCUT2D eigenvalue weighted by Gasteiger charge is 2.23. The number of aryl methyl sites for hydroxylation is 3. The molecule has 196 valence electrons. The van der Waals surface area contributed by atoms with Crippen molar-refractivity contribution in [3.05, 3.63) is 76.8 Å². The van der Waals surface area contributed by atoms with E-state index in [1.165, 1.54) is 22.9 Å². The van der Waals surface area contributed by atoms with Gasteiger partial charge in [0.1, 0.15) is 12.4 Å². The molecule has 12 heteroatoms. The second kappa shape index (κ2) is 9.77. The molecular formula is C26H25F3N8O. The fraction of sp³-hybridized carbons (Fsp3) is 0.269. The van der Waals surface area contributed by atoms with Crippen molar-refractivity contribution in [2.24, 2.45) is 7.05 Å². The maximum absolute atomic E-state index is 14.0. The zero-order valence-electron chi connectivity index (χ0n) is 21.2. The van der Waals surface area contributed by atoms with Crippen LogP contribution in [0.4, 0.5) is 18.9 Å². The van der Waals surface area contributed by atoms with Crippen LogP contribution in [-0.4, -0.2) is 40.2 Å². The van der Waals surface area contributed by atoms with Crippen LogP contribution in [0.1, 0.15) is 34.6 Å². The molecule has 0 bridgehead atoms. The summed E-state index contributed by atoms with van der Waals surface area (Å²) in [5.74, 6) is -0.728. The largest absolute Gasteiger partial charge is 0.321 e. The third kappa shape index (κ3) is 4.76. The first-order valence-corrected chi connectivity index (χ1v) is 11.8. The molecule has 0 aliphatic carbocycles. The Kier molecular flexibility index (Phi) is 6.47. The summed E-state index contributed by atoms with van der Waals surface area (Å²) in [5, 5.41) is 16.0. The number of fused-ring (bicyclic) bond motifs is 1. The Labute approximate surface area is 215 Å². The fourth-order valence-electron chi connectivity index (χ4n) is 4.48. The number of hydrogen-bond donors (Lipinski definition) is 1. The second-order valence-electron chi connectivity index (χ2n) is 9.12. The van der Waals surface area contributed by atoms with Crippen LogP contribution >= 0.6 is 0 Å². The van der Waals surface area contributed by atoms with Crippen LogP contribution < -0.4 is 5.32 Å². The highest BCUT2D eigenvalue weighted by Crippen LogP contribution is 2.33. The smallest absolute Gasteiger partial charge is 0.264 e. The molecule has 0 saturated heterocycles. The van der Waals surface area contributed by atoms with Crippen molar-refractivity contribution in [2.45, 2.75) is 40.3 Å². The van der Waals surface area contributed by atoms with E-state index >= 15 is 0 Å². The Morgan fingerprint density at radius 1 is 1.05 bits per heavy atom. The van der Waals surface area contributed by atoms with Crippen molar-refractivity contribution in [3.8, 4) is 11.3 Å². The number of nitrogens with zero attached hydrogens (tertiary/aromatic N) is 7. The van der Waals surface area contributed by atoms with Crippen LogP contribution in [0.15, 0.2) is 42.7 Å². The van der Waals surface area contributed by atoms with E-state index in [1.54, 1.807) is 54.8 Å². The van der Waals surface area contributed by atoms with E-state index in [-0.39, 0.29) is 29.0 Å². The van der Waals surface area contributed by atoms with Crippen molar-refractivity contribution in [3.63, 3.8) is 0 Å². The van der Waals surface area contributed by atoms with Crippen LogP contribution in [0, 0.1) is 26.6 Å². The number of alkyl halides is 2. The standard InChI is InChI=1S/C26H25F3N8O/c1-14-23-20(25(28)29)9-21(18-10-30-35(4)12-18)31-26(23)37(33-14)13-22(38)32-24-15(2)34-36(16(24)3)11-17-5-7-19(27)8-6-17/h5-10,12,25H,11,13H2,1-4H3,(H,32,38). The normalized spacial score (nSPS) is 11.6. The summed E-state index contributed by atoms with van der Waals surface area (Å²) in [6.07, 6.45) is 0.468. The zero-order valence-corrected chi connectivity index (χ0v) is 21.2. The third-order valence-electron chi connectivity index (χ3n) is 6.33. The SMILES string of the molecule is Cc1nn(Cc2ccc(F)cc2)c(C)c1NC(=O)Cn1nc(C)c2c(C(F)F)cc(-c3cnn(C)c3)nc21. The lowest BCUT2D eigenvalue weighted by molar-refractivity contribution is -0.116. The van der Waals surface area contributed by atoms with Gasteiger partial charge in [0, 0.05) is 24.4 Å². The van der Waals surface area contributed by atoms with Crippen LogP contribution in [0.3, 0.4) is 0 Å². The van der Waals surface area contributed by atoms with Gasteiger partial charge >= 0.3 is 0 Å². The lowest BCUT2D eigenvalue weighted by Crippen LogP contribution is -2.20. The van der Waals surface area contributed by atoms with Gasteiger partial charge in [-0.2, -0.15) is 15.3 Å². The molecule has 1 aromatic carbocycles. The van der Waals surface area contributed by atoms with Crippen LogP contribution in [0.5, 0.6) is 0 Å². The van der Waals surface area contributed by atoms with E-state index in [4.69, 9.17) is 0 Å². The van der Waals surface area contributed by atoms with E-state index in [2.05, 4.69) is 25.6 Å². The lowest BCUT2D eigenvalue weighted by Gasteiger charge is -2.09. The van der Waals surface area contributed by atoms with Crippen LogP contribution in [0.2, 0.25) is 0 Å². The highest BCUT2D eigenvalue weighted by atomic mass is 19.3. The summed E-state index contributed by atoms with van der Waals surface area (Å²) >= 11 is 0. The summed E-state index contributed by atoms with van der Waals surface area (Å²) in [7, 11) is 1.72. The molecule has 38 heavy (non-hydrogen) atoms. The Hall–Kier alpha value is -4.48. The predicted octanol–water partition coefficient (Wildman–Crippen LogP) is 4.72. The summed E-state index contributed by atoms with van der Waals surface area (Å²) < 4.78 is 45.9. The lowest BCUT2D eigenvalue weighted by atomic mass is 10.1. The fourth-order valence-corrected chi connectivity index (χ4v) is 4.48. The molecule has 4 aromatic heterocycles. The van der Waals surface area contributed by atoms with Gasteiger partial charge in [-0.05, 0) is 44.5 Å². The van der Waals surface area contributed by atoms with Gasteiger partial charge in [-0.1, -0.05) is 12.1 Å². The number of amides is 1. The van der Waals surface area contributed by atoms with Crippen molar-refractivity contribution in [1.29, 1.82) is 0 Å². The average Bonchev–Trinajstić information content (AvgIpc) is 3.52. The minimum Gasteiger partial charge on any atom is -0.321 e. The highest BCUT2D eigenvalue weighted by molar-refractivity contribution is 5.93. The summed E-state index contributed by atoms with van der Waals surface area (Å²) in [5.41, 5.74) is 3.97. The number of hydrogen-bond acceptors (Lipinski definition) is 5. The van der Waals surface area contributed by atoms with E-state index in [1.807, 2.05) is 6.92 Å². The van der Waals surface area contributed by atoms with E-state index < -0.39 is 12.3 Å². The Morgan fingerprint density at radius 2 is 1.76 bits per heavy atom. The molecule has 0 saturated carbocycles. The summed E-state index contributed by atoms with van der Waals surface area (Å²) in [6.45, 7) is 5.38. The quantitative estimate of drug-likeness (QED) is 0.334. The minimum absolute atomic E-state index is 0.190. The van der Waals surface area contributed by atoms with Crippen molar-refractivity contribution in [2.75, 3.05) is 5.32 Å². The third-order valence-corrected chi connectivity index (χ3v) is 6.33. The maximum atomic E-state index is 14.0. The van der Waals surface area contributed by atoms with E-state index in [9.17, 15) is 18.0 Å². The molecule has 0 unspecified atom stereocenters. The number of aromatic nitrogens is 7. The Bertz CT molecular complexity index is 1650. The number of carbonyl (C=O) groups excluding carboxylic acids is 1. The molecule has 1 N–H and O–H groups in total. The van der Waals surface area contributed by atoms with Gasteiger partial charge in [-0.3, -0.25) is 14.2 Å². The number of anilines is 1. The molecule has 1 amide bonds. The van der Waals surface area contributed by atoms with Crippen LogP contribution in [0.25, 0.3) is 22.3 Å². The molecule has 0 atom stereocenters.